The van der Waals surface area contributed by atoms with E-state index in [0.717, 1.165) is 35.9 Å². The van der Waals surface area contributed by atoms with E-state index in [0.29, 0.717) is 24.0 Å². The molecule has 3 heterocycles. The number of fused-ring (bicyclic) bond motifs is 1. The summed E-state index contributed by atoms with van der Waals surface area (Å²) in [5.74, 6) is 0.647. The quantitative estimate of drug-likeness (QED) is 0.538. The van der Waals surface area contributed by atoms with Gasteiger partial charge in [-0.15, -0.1) is 11.3 Å². The zero-order valence-electron chi connectivity index (χ0n) is 19.4. The van der Waals surface area contributed by atoms with Gasteiger partial charge in [0.25, 0.3) is 0 Å². The number of hydrogen-bond acceptors (Lipinski definition) is 7. The molecule has 1 saturated heterocycles. The molecule has 1 aliphatic heterocycles. The lowest BCUT2D eigenvalue weighted by Gasteiger charge is -2.44. The Morgan fingerprint density at radius 3 is 2.91 bits per heavy atom. The number of nitriles is 1. The number of rotatable bonds is 7. The summed E-state index contributed by atoms with van der Waals surface area (Å²) in [6.45, 7) is 11.2. The molecule has 0 bridgehead atoms. The fourth-order valence-electron chi connectivity index (χ4n) is 4.58. The van der Waals surface area contributed by atoms with E-state index < -0.39 is 0 Å². The first-order chi connectivity index (χ1) is 15.9. The number of benzene rings is 1. The minimum absolute atomic E-state index is 0.196. The van der Waals surface area contributed by atoms with Crippen LogP contribution in [0.2, 0.25) is 0 Å². The van der Waals surface area contributed by atoms with Crippen LogP contribution < -0.4 is 5.43 Å². The maximum Gasteiger partial charge on any atom is 0.226 e. The average molecular weight is 464 g/mol. The van der Waals surface area contributed by atoms with Crippen molar-refractivity contribution < 1.29 is 4.79 Å². The molecule has 1 aliphatic rings. The fourth-order valence-corrected chi connectivity index (χ4v) is 5.45. The zero-order chi connectivity index (χ0) is 23.5. The van der Waals surface area contributed by atoms with Gasteiger partial charge in [0, 0.05) is 31.7 Å². The molecular formula is C24H29N7OS. The van der Waals surface area contributed by atoms with Gasteiger partial charge in [-0.2, -0.15) is 5.26 Å². The third-order valence-corrected chi connectivity index (χ3v) is 7.16. The predicted octanol–water partition coefficient (Wildman–Crippen LogP) is 3.70. The molecule has 0 radical (unpaired) electrons. The van der Waals surface area contributed by atoms with Gasteiger partial charge in [0.15, 0.2) is 5.82 Å². The van der Waals surface area contributed by atoms with E-state index in [-0.39, 0.29) is 12.5 Å². The van der Waals surface area contributed by atoms with Crippen LogP contribution in [0.15, 0.2) is 30.5 Å². The van der Waals surface area contributed by atoms with Crippen LogP contribution in [0.4, 0.5) is 0 Å². The third-order valence-electron chi connectivity index (χ3n) is 6.23. The summed E-state index contributed by atoms with van der Waals surface area (Å²) in [7, 11) is 0. The predicted molar refractivity (Wildman–Crippen MR) is 131 cm³/mol. The van der Waals surface area contributed by atoms with Crippen LogP contribution in [0.3, 0.4) is 0 Å². The summed E-state index contributed by atoms with van der Waals surface area (Å²) in [5.41, 5.74) is 6.64. The number of nitrogens with zero attached hydrogens (tertiary/aromatic N) is 6. The Bertz CT molecular complexity index is 1220. The molecule has 8 nitrogen and oxygen atoms in total. The van der Waals surface area contributed by atoms with Gasteiger partial charge in [-0.1, -0.05) is 12.1 Å². The van der Waals surface area contributed by atoms with E-state index in [1.165, 1.54) is 10.3 Å². The van der Waals surface area contributed by atoms with E-state index >= 15 is 0 Å². The molecule has 2 atom stereocenters. The standard InChI is InChI=1S/C24H29N7OS/c1-5-22(24-28-20(8-9-25)14-31(24)26-15-32)30-11-10-29(13-16(30)2)17(3)19-6-7-21-23(12-19)33-18(4)27-21/h5-7,12,14-17H,8,10-11,13H2,1-4H3,(H,26,32)/b22-5+. The molecular weight excluding hydrogens is 434 g/mol. The van der Waals surface area contributed by atoms with Gasteiger partial charge >= 0.3 is 0 Å². The first kappa shape index (κ1) is 23.0. The van der Waals surface area contributed by atoms with E-state index in [4.69, 9.17) is 5.26 Å². The number of thiazole rings is 1. The number of piperazine rings is 1. The number of imidazole rings is 1. The number of allylic oxidation sites excluding steroid dienone is 1. The van der Waals surface area contributed by atoms with Crippen LogP contribution in [-0.4, -0.2) is 56.5 Å². The third kappa shape index (κ3) is 4.63. The molecule has 1 amide bonds. The second-order valence-corrected chi connectivity index (χ2v) is 9.59. The lowest BCUT2D eigenvalue weighted by Crippen LogP contribution is -2.51. The van der Waals surface area contributed by atoms with Crippen LogP contribution in [-0.2, 0) is 11.2 Å². The normalized spacial score (nSPS) is 18.3. The molecule has 4 rings (SSSR count). The molecule has 2 aromatic heterocycles. The molecule has 2 unspecified atom stereocenters. The number of carbonyl (C=O) groups excluding carboxylic acids is 1. The Balaban J connectivity index is 1.52. The highest BCUT2D eigenvalue weighted by Crippen LogP contribution is 2.31. The van der Waals surface area contributed by atoms with Crippen molar-refractivity contribution in [1.29, 1.82) is 5.26 Å². The largest absolute Gasteiger partial charge is 0.363 e. The van der Waals surface area contributed by atoms with Gasteiger partial charge in [-0.05, 0) is 45.4 Å². The van der Waals surface area contributed by atoms with Crippen LogP contribution in [0, 0.1) is 18.3 Å². The number of aromatic nitrogens is 3. The second kappa shape index (κ2) is 9.73. The minimum Gasteiger partial charge on any atom is -0.363 e. The highest BCUT2D eigenvalue weighted by atomic mass is 32.1. The number of aryl methyl sites for hydroxylation is 1. The summed E-state index contributed by atoms with van der Waals surface area (Å²) in [6.07, 6.45) is 4.55. The molecule has 9 heteroatoms. The molecule has 3 aromatic rings. The van der Waals surface area contributed by atoms with Crippen molar-refractivity contribution in [2.75, 3.05) is 25.1 Å². The van der Waals surface area contributed by atoms with Gasteiger partial charge in [-0.3, -0.25) is 15.1 Å². The lowest BCUT2D eigenvalue weighted by molar-refractivity contribution is -0.106. The lowest BCUT2D eigenvalue weighted by atomic mass is 10.0. The van der Waals surface area contributed by atoms with Crippen molar-refractivity contribution in [2.45, 2.75) is 46.2 Å². The summed E-state index contributed by atoms with van der Waals surface area (Å²) in [5, 5.41) is 10.1. The smallest absolute Gasteiger partial charge is 0.226 e. The van der Waals surface area contributed by atoms with E-state index in [2.05, 4.69) is 63.3 Å². The Morgan fingerprint density at radius 1 is 1.39 bits per heavy atom. The molecule has 172 valence electrons. The Morgan fingerprint density at radius 2 is 2.21 bits per heavy atom. The van der Waals surface area contributed by atoms with E-state index in [9.17, 15) is 4.79 Å². The molecule has 1 N–H and O–H groups in total. The zero-order valence-corrected chi connectivity index (χ0v) is 20.3. The topological polar surface area (TPSA) is 90.1 Å². The molecule has 0 aliphatic carbocycles. The van der Waals surface area contributed by atoms with Crippen molar-refractivity contribution >= 4 is 33.7 Å². The monoisotopic (exact) mass is 463 g/mol. The summed E-state index contributed by atoms with van der Waals surface area (Å²) >= 11 is 1.74. The van der Waals surface area contributed by atoms with Gasteiger partial charge in [0.1, 0.15) is 0 Å². The number of amides is 1. The Kier molecular flexibility index (Phi) is 6.77. The highest BCUT2D eigenvalue weighted by molar-refractivity contribution is 7.18. The van der Waals surface area contributed by atoms with E-state index in [1.54, 1.807) is 22.2 Å². The van der Waals surface area contributed by atoms with Gasteiger partial charge in [0.05, 0.1) is 45.3 Å². The van der Waals surface area contributed by atoms with Crippen molar-refractivity contribution in [2.24, 2.45) is 0 Å². The van der Waals surface area contributed by atoms with Crippen LogP contribution >= 0.6 is 11.3 Å². The maximum absolute atomic E-state index is 11.1. The van der Waals surface area contributed by atoms with Crippen molar-refractivity contribution in [3.05, 3.63) is 52.6 Å². The average Bonchev–Trinajstić information content (AvgIpc) is 3.37. The maximum atomic E-state index is 11.1. The first-order valence-electron chi connectivity index (χ1n) is 11.1. The van der Waals surface area contributed by atoms with Gasteiger partial charge < -0.3 is 4.90 Å². The number of carbonyl (C=O) groups is 1. The first-order valence-corrected chi connectivity index (χ1v) is 12.0. The van der Waals surface area contributed by atoms with Crippen LogP contribution in [0.5, 0.6) is 0 Å². The Hall–Kier alpha value is -3.22. The molecule has 1 aromatic carbocycles. The second-order valence-electron chi connectivity index (χ2n) is 8.35. The number of nitrogens with one attached hydrogen (secondary N) is 1. The summed E-state index contributed by atoms with van der Waals surface area (Å²) in [4.78, 5) is 25.2. The Labute approximate surface area is 198 Å². The van der Waals surface area contributed by atoms with Crippen molar-refractivity contribution in [3.8, 4) is 6.07 Å². The van der Waals surface area contributed by atoms with Gasteiger partial charge in [-0.25, -0.2) is 14.6 Å². The van der Waals surface area contributed by atoms with Crippen LogP contribution in [0.25, 0.3) is 15.9 Å². The molecule has 1 fully saturated rings. The van der Waals surface area contributed by atoms with E-state index in [1.807, 2.05) is 19.9 Å². The van der Waals surface area contributed by atoms with Crippen LogP contribution in [0.1, 0.15) is 48.9 Å². The summed E-state index contributed by atoms with van der Waals surface area (Å²) < 4.78 is 2.84. The molecule has 0 spiro atoms. The molecule has 0 saturated carbocycles. The van der Waals surface area contributed by atoms with Crippen molar-refractivity contribution in [3.63, 3.8) is 0 Å². The van der Waals surface area contributed by atoms with Gasteiger partial charge in [0.2, 0.25) is 6.41 Å². The molecule has 33 heavy (non-hydrogen) atoms. The fraction of sp³-hybridized carbons (Fsp3) is 0.417. The summed E-state index contributed by atoms with van der Waals surface area (Å²) in [6, 6.07) is 9.27. The SMILES string of the molecule is C/C=C(\c1nc(CC#N)cn1NC=O)N1CCN(C(C)c2ccc3nc(C)sc3c2)CC1C. The minimum atomic E-state index is 0.196. The number of hydrogen-bond donors (Lipinski definition) is 1. The van der Waals surface area contributed by atoms with Crippen molar-refractivity contribution in [1.82, 2.24) is 24.4 Å². The highest BCUT2D eigenvalue weighted by Gasteiger charge is 2.30.